The van der Waals surface area contributed by atoms with Gasteiger partial charge in [0.15, 0.2) is 5.82 Å². The van der Waals surface area contributed by atoms with Crippen molar-refractivity contribution < 1.29 is 9.53 Å². The average Bonchev–Trinajstić information content (AvgIpc) is 3.40. The second-order valence-corrected chi connectivity index (χ2v) is 9.34. The normalized spacial score (nSPS) is 14.8. The molecule has 12 heteroatoms. The van der Waals surface area contributed by atoms with E-state index in [9.17, 15) is 4.79 Å². The summed E-state index contributed by atoms with van der Waals surface area (Å²) in [5, 5.41) is 14.9. The summed E-state index contributed by atoms with van der Waals surface area (Å²) in [6.07, 6.45) is 9.38. The standard InChI is InChI=1S/C21H21ClN8O2S/c1-11-27-17-16(18(32-2)12-4-3-5-12)15(10-24-20(17)33-11)29-21(31)28-13-8-14(22)19(23-9-13)30-25-6-7-26-30/h6-10,12,18H,3-5H2,1-2H3,(H2,28,29,31). The third-order valence-corrected chi connectivity index (χ3v) is 6.78. The van der Waals surface area contributed by atoms with Crippen molar-refractivity contribution in [2.24, 2.45) is 5.92 Å². The van der Waals surface area contributed by atoms with Crippen LogP contribution < -0.4 is 10.6 Å². The van der Waals surface area contributed by atoms with E-state index in [1.54, 1.807) is 19.4 Å². The Morgan fingerprint density at radius 2 is 2.03 bits per heavy atom. The minimum atomic E-state index is -0.448. The summed E-state index contributed by atoms with van der Waals surface area (Å²) in [6.45, 7) is 1.94. The number of hydrogen-bond acceptors (Lipinski definition) is 8. The fraction of sp³-hybridized carbons (Fsp3) is 0.333. The molecule has 1 aliphatic rings. The van der Waals surface area contributed by atoms with Crippen molar-refractivity contribution in [2.75, 3.05) is 17.7 Å². The Labute approximate surface area is 198 Å². The highest BCUT2D eigenvalue weighted by molar-refractivity contribution is 7.18. The van der Waals surface area contributed by atoms with Gasteiger partial charge in [-0.15, -0.1) is 4.80 Å². The van der Waals surface area contributed by atoms with Crippen LogP contribution in [0.5, 0.6) is 0 Å². The second kappa shape index (κ2) is 9.00. The summed E-state index contributed by atoms with van der Waals surface area (Å²) >= 11 is 7.83. The number of nitrogens with zero attached hydrogens (tertiary/aromatic N) is 6. The number of amides is 2. The van der Waals surface area contributed by atoms with Gasteiger partial charge in [0.1, 0.15) is 10.3 Å². The van der Waals surface area contributed by atoms with E-state index < -0.39 is 6.03 Å². The molecule has 4 aromatic heterocycles. The van der Waals surface area contributed by atoms with Crippen LogP contribution in [0.1, 0.15) is 35.9 Å². The van der Waals surface area contributed by atoms with E-state index in [0.717, 1.165) is 33.8 Å². The molecule has 4 heterocycles. The van der Waals surface area contributed by atoms with Crippen LogP contribution in [-0.4, -0.2) is 43.1 Å². The summed E-state index contributed by atoms with van der Waals surface area (Å²) in [7, 11) is 1.70. The van der Waals surface area contributed by atoms with Gasteiger partial charge < -0.3 is 15.4 Å². The molecule has 1 fully saturated rings. The van der Waals surface area contributed by atoms with E-state index in [2.05, 4.69) is 35.8 Å². The molecule has 0 aromatic carbocycles. The van der Waals surface area contributed by atoms with Gasteiger partial charge in [-0.25, -0.2) is 19.7 Å². The maximum Gasteiger partial charge on any atom is 0.323 e. The molecule has 4 aromatic rings. The summed E-state index contributed by atoms with van der Waals surface area (Å²) < 4.78 is 5.89. The van der Waals surface area contributed by atoms with Crippen molar-refractivity contribution in [1.82, 2.24) is 29.9 Å². The molecule has 33 heavy (non-hydrogen) atoms. The Balaban J connectivity index is 1.41. The van der Waals surface area contributed by atoms with Gasteiger partial charge >= 0.3 is 6.03 Å². The molecule has 2 amide bonds. The Kier molecular flexibility index (Phi) is 5.92. The largest absolute Gasteiger partial charge is 0.376 e. The first kappa shape index (κ1) is 21.7. The Bertz CT molecular complexity index is 1310. The van der Waals surface area contributed by atoms with Crippen LogP contribution in [0.2, 0.25) is 5.02 Å². The molecule has 0 spiro atoms. The minimum absolute atomic E-state index is 0.169. The summed E-state index contributed by atoms with van der Waals surface area (Å²) in [6, 6.07) is 1.14. The molecule has 5 rings (SSSR count). The lowest BCUT2D eigenvalue weighted by Gasteiger charge is -2.34. The molecule has 10 nitrogen and oxygen atoms in total. The minimum Gasteiger partial charge on any atom is -0.376 e. The summed E-state index contributed by atoms with van der Waals surface area (Å²) in [4.78, 5) is 28.4. The Morgan fingerprint density at radius 1 is 1.24 bits per heavy atom. The van der Waals surface area contributed by atoms with Crippen molar-refractivity contribution in [3.05, 3.63) is 46.4 Å². The van der Waals surface area contributed by atoms with E-state index in [4.69, 9.17) is 16.3 Å². The molecule has 1 atom stereocenters. The number of carbonyl (C=O) groups is 1. The zero-order valence-corrected chi connectivity index (χ0v) is 19.5. The van der Waals surface area contributed by atoms with Gasteiger partial charge in [-0.3, -0.25) is 0 Å². The van der Waals surface area contributed by atoms with Gasteiger partial charge in [0.2, 0.25) is 0 Å². The third-order valence-electron chi connectivity index (χ3n) is 5.62. The van der Waals surface area contributed by atoms with Crippen LogP contribution >= 0.6 is 22.9 Å². The van der Waals surface area contributed by atoms with Crippen LogP contribution in [-0.2, 0) is 4.74 Å². The van der Waals surface area contributed by atoms with Crippen LogP contribution in [0.4, 0.5) is 16.2 Å². The van der Waals surface area contributed by atoms with E-state index >= 15 is 0 Å². The summed E-state index contributed by atoms with van der Waals surface area (Å²) in [5.74, 6) is 0.754. The first-order chi connectivity index (χ1) is 16.0. The Morgan fingerprint density at radius 3 is 2.70 bits per heavy atom. The number of carbonyl (C=O) groups excluding carboxylic acids is 1. The number of pyridine rings is 2. The van der Waals surface area contributed by atoms with Crippen LogP contribution in [0.25, 0.3) is 16.2 Å². The topological polar surface area (TPSA) is 120 Å². The van der Waals surface area contributed by atoms with Gasteiger partial charge in [0.05, 0.1) is 52.3 Å². The quantitative estimate of drug-likeness (QED) is 0.404. The van der Waals surface area contributed by atoms with E-state index in [1.165, 1.54) is 41.1 Å². The van der Waals surface area contributed by atoms with Crippen molar-refractivity contribution in [2.45, 2.75) is 32.3 Å². The molecule has 170 valence electrons. The number of halogens is 1. The number of anilines is 2. The lowest BCUT2D eigenvalue weighted by molar-refractivity contribution is 0.0192. The van der Waals surface area contributed by atoms with Crippen molar-refractivity contribution in [3.63, 3.8) is 0 Å². The smallest absolute Gasteiger partial charge is 0.323 e. The lowest BCUT2D eigenvalue weighted by Crippen LogP contribution is -2.25. The molecule has 0 saturated heterocycles. The first-order valence-corrected chi connectivity index (χ1v) is 11.6. The third kappa shape index (κ3) is 4.26. The van der Waals surface area contributed by atoms with Gasteiger partial charge in [0, 0.05) is 12.7 Å². The molecule has 1 aliphatic carbocycles. The van der Waals surface area contributed by atoms with Crippen molar-refractivity contribution in [3.8, 4) is 5.82 Å². The van der Waals surface area contributed by atoms with Gasteiger partial charge in [0.25, 0.3) is 0 Å². The fourth-order valence-electron chi connectivity index (χ4n) is 3.93. The number of thiazole rings is 1. The maximum atomic E-state index is 12.9. The fourth-order valence-corrected chi connectivity index (χ4v) is 4.95. The van der Waals surface area contributed by atoms with Crippen molar-refractivity contribution >= 4 is 50.7 Å². The molecule has 0 aliphatic heterocycles. The van der Waals surface area contributed by atoms with Gasteiger partial charge in [-0.1, -0.05) is 29.4 Å². The second-order valence-electron chi connectivity index (χ2n) is 7.75. The Hall–Kier alpha value is -3.15. The van der Waals surface area contributed by atoms with Crippen molar-refractivity contribution in [1.29, 1.82) is 0 Å². The zero-order valence-electron chi connectivity index (χ0n) is 17.9. The highest BCUT2D eigenvalue weighted by Gasteiger charge is 2.33. The van der Waals surface area contributed by atoms with E-state index in [1.807, 2.05) is 6.92 Å². The summed E-state index contributed by atoms with van der Waals surface area (Å²) in [5.41, 5.74) is 2.63. The number of ether oxygens (including phenoxy) is 1. The number of aryl methyl sites for hydroxylation is 1. The molecule has 0 bridgehead atoms. The molecule has 1 unspecified atom stereocenters. The molecule has 0 radical (unpaired) electrons. The predicted molar refractivity (Wildman–Crippen MR) is 126 cm³/mol. The molecular weight excluding hydrogens is 464 g/mol. The number of aromatic nitrogens is 6. The number of hydrogen-bond donors (Lipinski definition) is 2. The number of methoxy groups -OCH3 is 1. The number of fused-ring (bicyclic) bond motifs is 1. The lowest BCUT2D eigenvalue weighted by atomic mass is 9.78. The molecular formula is C21H21ClN8O2S. The van der Waals surface area contributed by atoms with Gasteiger partial charge in [-0.05, 0) is 31.7 Å². The molecule has 2 N–H and O–H groups in total. The number of urea groups is 1. The van der Waals surface area contributed by atoms with Crippen LogP contribution in [0, 0.1) is 12.8 Å². The van der Waals surface area contributed by atoms with Crippen LogP contribution in [0.3, 0.4) is 0 Å². The number of nitrogens with one attached hydrogen (secondary N) is 2. The highest BCUT2D eigenvalue weighted by atomic mass is 35.5. The maximum absolute atomic E-state index is 12.9. The van der Waals surface area contributed by atoms with E-state index in [-0.39, 0.29) is 6.10 Å². The monoisotopic (exact) mass is 484 g/mol. The highest BCUT2D eigenvalue weighted by Crippen LogP contribution is 2.44. The van der Waals surface area contributed by atoms with Crippen LogP contribution in [0.15, 0.2) is 30.9 Å². The average molecular weight is 485 g/mol. The zero-order chi connectivity index (χ0) is 22.9. The predicted octanol–water partition coefficient (Wildman–Crippen LogP) is 4.76. The number of rotatable bonds is 6. The van der Waals surface area contributed by atoms with E-state index in [0.29, 0.717) is 28.1 Å². The molecule has 1 saturated carbocycles. The first-order valence-electron chi connectivity index (χ1n) is 10.4. The van der Waals surface area contributed by atoms with Gasteiger partial charge in [-0.2, -0.15) is 10.2 Å². The SMILES string of the molecule is COC(c1c(NC(=O)Nc2cnc(-n3nccn3)c(Cl)c2)cnc2sc(C)nc12)C1CCC1.